The van der Waals surface area contributed by atoms with E-state index in [2.05, 4.69) is 9.95 Å². The summed E-state index contributed by atoms with van der Waals surface area (Å²) < 4.78 is 78.0. The summed E-state index contributed by atoms with van der Waals surface area (Å²) in [5.74, 6) is 0. The lowest BCUT2D eigenvalue weighted by atomic mass is 10.3. The number of hydrogen-bond acceptors (Lipinski definition) is 6. The van der Waals surface area contributed by atoms with Crippen molar-refractivity contribution in [1.82, 2.24) is 0 Å². The van der Waals surface area contributed by atoms with Crippen molar-refractivity contribution in [2.45, 2.75) is 0 Å². The molecule has 20 heteroatoms. The molecule has 0 atom stereocenters. The Labute approximate surface area is 172 Å². The summed E-state index contributed by atoms with van der Waals surface area (Å²) in [6.07, 6.45) is 0. The van der Waals surface area contributed by atoms with E-state index < -0.39 is 24.4 Å². The lowest BCUT2D eigenvalue weighted by Crippen LogP contribution is -2.02. The Balaban J connectivity index is 0. The predicted molar refractivity (Wildman–Crippen MR) is 96.1 cm³/mol. The molecule has 0 bridgehead atoms. The fourth-order valence-electron chi connectivity index (χ4n) is 1.28. The average Bonchev–Trinajstić information content (AvgIpc) is 2.66. The van der Waals surface area contributed by atoms with E-state index in [0.29, 0.717) is 11.4 Å². The highest BCUT2D eigenvalue weighted by Gasteiger charge is 2.21. The van der Waals surface area contributed by atoms with Crippen molar-refractivity contribution in [3.63, 3.8) is 0 Å². The number of hydrogen-bond donors (Lipinski definition) is 0. The normalized spacial score (nSPS) is 9.69. The van der Waals surface area contributed by atoms with Crippen LogP contribution in [0.15, 0.2) is 48.5 Å². The zero-order chi connectivity index (χ0) is 25.5. The van der Waals surface area contributed by atoms with Gasteiger partial charge in [0.2, 0.25) is 10.8 Å². The largest absolute Gasteiger partial charge is 0.673 e. The highest BCUT2D eigenvalue weighted by molar-refractivity contribution is 6.50. The van der Waals surface area contributed by atoms with Gasteiger partial charge in [-0.2, -0.15) is 0 Å². The van der Waals surface area contributed by atoms with Gasteiger partial charge in [0, 0.05) is 48.5 Å². The molecule has 0 unspecified atom stereocenters. The van der Waals surface area contributed by atoms with Crippen LogP contribution in [0.2, 0.25) is 0 Å². The first-order valence-electron chi connectivity index (χ1n) is 7.41. The second-order valence-corrected chi connectivity index (χ2v) is 4.74. The smallest absolute Gasteiger partial charge is 0.418 e. The highest BCUT2D eigenvalue weighted by Crippen LogP contribution is 2.18. The van der Waals surface area contributed by atoms with Crippen LogP contribution in [0.3, 0.4) is 0 Å². The van der Waals surface area contributed by atoms with E-state index >= 15 is 0 Å². The first kappa shape index (κ1) is 29.8. The van der Waals surface area contributed by atoms with Crippen LogP contribution in [0, 0.1) is 31.0 Å². The summed E-state index contributed by atoms with van der Waals surface area (Å²) in [4.78, 5) is 24.9. The minimum atomic E-state index is -6.00. The molecule has 0 fully saturated rings. The molecule has 0 spiro atoms. The molecule has 0 saturated heterocycles. The Morgan fingerprint density at radius 2 is 0.781 bits per heavy atom. The highest BCUT2D eigenvalue weighted by atomic mass is 19.5. The third-order valence-electron chi connectivity index (χ3n) is 2.35. The minimum absolute atomic E-state index is 0.0163. The van der Waals surface area contributed by atoms with Gasteiger partial charge in [0.05, 0.1) is 9.85 Å². The van der Waals surface area contributed by atoms with Crippen molar-refractivity contribution < 1.29 is 44.4 Å². The number of non-ortho nitro benzene ring substituents is 2. The van der Waals surface area contributed by atoms with Gasteiger partial charge in [-0.25, -0.2) is 0 Å². The van der Waals surface area contributed by atoms with E-state index in [1.165, 1.54) is 48.5 Å². The number of diazo groups is 2. The number of halogens is 8. The predicted octanol–water partition coefficient (Wildman–Crippen LogP) is 6.76. The van der Waals surface area contributed by atoms with Gasteiger partial charge in [0.25, 0.3) is 11.4 Å². The number of benzene rings is 2. The van der Waals surface area contributed by atoms with Gasteiger partial charge in [-0.05, 0) is 0 Å². The van der Waals surface area contributed by atoms with Crippen molar-refractivity contribution >= 4 is 37.3 Å². The van der Waals surface area contributed by atoms with Crippen LogP contribution in [-0.4, -0.2) is 24.4 Å². The third kappa shape index (κ3) is 20.4. The first-order valence-corrected chi connectivity index (χ1v) is 7.41. The van der Waals surface area contributed by atoms with Crippen LogP contribution in [0.25, 0.3) is 9.95 Å². The summed E-state index contributed by atoms with van der Waals surface area (Å²) in [7, 11) is -12.0. The number of nitro groups is 2. The minimum Gasteiger partial charge on any atom is -0.418 e. The van der Waals surface area contributed by atoms with Crippen molar-refractivity contribution in [3.05, 3.63) is 78.7 Å². The zero-order valence-corrected chi connectivity index (χ0v) is 15.1. The molecule has 32 heavy (non-hydrogen) atoms. The molecule has 0 aromatic heterocycles. The maximum Gasteiger partial charge on any atom is 0.673 e. The molecule has 0 saturated carbocycles. The number of rotatable bonds is 2. The van der Waals surface area contributed by atoms with E-state index in [1.807, 2.05) is 0 Å². The second-order valence-electron chi connectivity index (χ2n) is 4.74. The monoisotopic (exact) mass is 474 g/mol. The van der Waals surface area contributed by atoms with Crippen molar-refractivity contribution in [1.29, 1.82) is 10.8 Å². The first-order chi connectivity index (χ1) is 14.5. The molecule has 0 N–H and O–H groups in total. The molecule has 0 aliphatic carbocycles. The molecule has 172 valence electrons. The zero-order valence-electron chi connectivity index (χ0n) is 15.1. The standard InChI is InChI=1S/2C6H4N3O2.2BF4/c2*7-8-5-1-3-6(4-2-5)9(10)11;2*2-1(3,4)5/h2*1-4H;;/q2*+1;2*-1. The quantitative estimate of drug-likeness (QED) is 0.155. The topological polar surface area (TPSA) is 143 Å². The number of nitro benzene ring substituents is 2. The van der Waals surface area contributed by atoms with Gasteiger partial charge in [-0.3, -0.25) is 20.2 Å². The summed E-state index contributed by atoms with van der Waals surface area (Å²) in [5, 5.41) is 36.7. The van der Waals surface area contributed by atoms with Crippen LogP contribution in [0.4, 0.5) is 57.3 Å². The molecular formula is C12H8B2F8N6O4. The average molecular weight is 474 g/mol. The van der Waals surface area contributed by atoms with Crippen molar-refractivity contribution in [2.24, 2.45) is 0 Å². The Kier molecular flexibility index (Phi) is 12.9. The van der Waals surface area contributed by atoms with Crippen molar-refractivity contribution in [2.75, 3.05) is 0 Å². The molecule has 2 aromatic carbocycles. The SMILES string of the molecule is F[B-](F)(F)F.F[B-](F)(F)F.N#[N+]c1ccc([N+](=O)[O-])cc1.N#[N+]c1ccc([N+](=O)[O-])cc1. The van der Waals surface area contributed by atoms with Gasteiger partial charge in [-0.1, -0.05) is 0 Å². The van der Waals surface area contributed by atoms with E-state index in [1.54, 1.807) is 0 Å². The van der Waals surface area contributed by atoms with Crippen molar-refractivity contribution in [3.8, 4) is 0 Å². The van der Waals surface area contributed by atoms with Crippen LogP contribution < -0.4 is 0 Å². The fraction of sp³-hybridized carbons (Fsp3) is 0. The van der Waals surface area contributed by atoms with E-state index in [0.717, 1.165) is 0 Å². The third-order valence-corrected chi connectivity index (χ3v) is 2.35. The molecule has 0 aliphatic heterocycles. The van der Waals surface area contributed by atoms with E-state index in [-0.39, 0.29) is 11.4 Å². The Morgan fingerprint density at radius 3 is 0.906 bits per heavy atom. The Bertz CT molecular complexity index is 867. The van der Waals surface area contributed by atoms with Crippen LogP contribution in [0.1, 0.15) is 0 Å². The lowest BCUT2D eigenvalue weighted by Gasteiger charge is -1.94. The summed E-state index contributed by atoms with van der Waals surface area (Å²) in [6.45, 7) is 0. The maximum atomic E-state index is 10.1. The molecule has 0 amide bonds. The van der Waals surface area contributed by atoms with Gasteiger partial charge in [-0.15, -0.1) is 0 Å². The fourth-order valence-corrected chi connectivity index (χ4v) is 1.28. The molecule has 2 rings (SSSR count). The maximum absolute atomic E-state index is 10.1. The Morgan fingerprint density at radius 1 is 0.594 bits per heavy atom. The molecule has 0 heterocycles. The second kappa shape index (κ2) is 13.8. The van der Waals surface area contributed by atoms with E-state index in [9.17, 15) is 54.8 Å². The Hall–Kier alpha value is -4.35. The number of nitrogens with zero attached hydrogens (tertiary/aromatic N) is 6. The summed E-state index contributed by atoms with van der Waals surface area (Å²) >= 11 is 0. The molecule has 0 radical (unpaired) electrons. The molecule has 2 aromatic rings. The summed E-state index contributed by atoms with van der Waals surface area (Å²) in [5.41, 5.74) is 0.570. The van der Waals surface area contributed by atoms with Gasteiger partial charge in [0.15, 0.2) is 9.95 Å². The van der Waals surface area contributed by atoms with Gasteiger partial charge < -0.3 is 34.5 Å². The summed E-state index contributed by atoms with van der Waals surface area (Å²) in [6, 6.07) is 10.5. The molecular weight excluding hydrogens is 466 g/mol. The van der Waals surface area contributed by atoms with Crippen LogP contribution >= 0.6 is 0 Å². The molecule has 0 aliphatic rings. The van der Waals surface area contributed by atoms with E-state index in [4.69, 9.17) is 10.8 Å². The van der Waals surface area contributed by atoms with Crippen LogP contribution in [-0.2, 0) is 0 Å². The van der Waals surface area contributed by atoms with Gasteiger partial charge >= 0.3 is 25.9 Å². The van der Waals surface area contributed by atoms with Gasteiger partial charge in [0.1, 0.15) is 0 Å². The van der Waals surface area contributed by atoms with Crippen LogP contribution in [0.5, 0.6) is 0 Å². The molecule has 10 nitrogen and oxygen atoms in total. The lowest BCUT2D eigenvalue weighted by molar-refractivity contribution is -0.385.